The van der Waals surface area contributed by atoms with E-state index >= 15 is 0 Å². The lowest BCUT2D eigenvalue weighted by molar-refractivity contribution is 0.0627. The number of fused-ring (bicyclic) bond motifs is 1. The van der Waals surface area contributed by atoms with Gasteiger partial charge in [-0.3, -0.25) is 4.79 Å². The predicted molar refractivity (Wildman–Crippen MR) is 82.6 cm³/mol. The highest BCUT2D eigenvalue weighted by Crippen LogP contribution is 2.41. The Morgan fingerprint density at radius 1 is 1.27 bits per heavy atom. The van der Waals surface area contributed by atoms with Crippen LogP contribution in [0, 0.1) is 6.92 Å². The summed E-state index contributed by atoms with van der Waals surface area (Å²) in [6, 6.07) is 10.8. The van der Waals surface area contributed by atoms with Crippen LogP contribution in [0.15, 0.2) is 34.9 Å². The lowest BCUT2D eigenvalue weighted by atomic mass is 9.86. The maximum atomic E-state index is 13.0. The minimum absolute atomic E-state index is 0.0149. The fraction of sp³-hybridized carbons (Fsp3) is 0.444. The number of aromatic nitrogens is 1. The molecule has 4 heteroatoms. The Morgan fingerprint density at radius 3 is 2.82 bits per heavy atom. The third-order valence-electron chi connectivity index (χ3n) is 4.70. The number of carbonyl (C=O) groups is 1. The molecular formula is C18H20N2O2. The van der Waals surface area contributed by atoms with Gasteiger partial charge in [-0.1, -0.05) is 29.4 Å². The second kappa shape index (κ2) is 5.27. The second-order valence-corrected chi connectivity index (χ2v) is 6.37. The van der Waals surface area contributed by atoms with Gasteiger partial charge in [0.05, 0.1) is 6.04 Å². The molecule has 1 heterocycles. The first-order chi connectivity index (χ1) is 10.7. The van der Waals surface area contributed by atoms with Crippen LogP contribution in [0.25, 0.3) is 0 Å². The number of amides is 1. The minimum Gasteiger partial charge on any atom is -0.361 e. The molecule has 1 amide bonds. The van der Waals surface area contributed by atoms with E-state index in [4.69, 9.17) is 4.52 Å². The molecule has 2 aromatic rings. The van der Waals surface area contributed by atoms with Crippen LogP contribution in [-0.4, -0.2) is 22.0 Å². The maximum absolute atomic E-state index is 13.0. The van der Waals surface area contributed by atoms with Crippen molar-refractivity contribution in [2.45, 2.75) is 51.1 Å². The summed E-state index contributed by atoms with van der Waals surface area (Å²) >= 11 is 0. The van der Waals surface area contributed by atoms with E-state index in [1.807, 2.05) is 6.92 Å². The summed E-state index contributed by atoms with van der Waals surface area (Å²) in [5, 5.41) is 3.93. The summed E-state index contributed by atoms with van der Waals surface area (Å²) < 4.78 is 5.10. The molecule has 1 saturated carbocycles. The fourth-order valence-electron chi connectivity index (χ4n) is 3.53. The Morgan fingerprint density at radius 2 is 2.09 bits per heavy atom. The monoisotopic (exact) mass is 296 g/mol. The Hall–Kier alpha value is -2.10. The van der Waals surface area contributed by atoms with Gasteiger partial charge in [0.25, 0.3) is 5.91 Å². The molecule has 0 spiro atoms. The Labute approximate surface area is 130 Å². The summed E-state index contributed by atoms with van der Waals surface area (Å²) in [6.45, 7) is 1.82. The van der Waals surface area contributed by atoms with Crippen molar-refractivity contribution in [2.75, 3.05) is 0 Å². The van der Waals surface area contributed by atoms with Crippen LogP contribution in [0.4, 0.5) is 0 Å². The van der Waals surface area contributed by atoms with Gasteiger partial charge in [-0.15, -0.1) is 0 Å². The largest absolute Gasteiger partial charge is 0.361 e. The van der Waals surface area contributed by atoms with E-state index in [9.17, 15) is 4.79 Å². The van der Waals surface area contributed by atoms with Gasteiger partial charge in [-0.05, 0) is 50.2 Å². The quantitative estimate of drug-likeness (QED) is 0.868. The summed E-state index contributed by atoms with van der Waals surface area (Å²) in [5.74, 6) is 0.698. The van der Waals surface area contributed by atoms with Crippen molar-refractivity contribution in [3.05, 3.63) is 52.9 Å². The molecule has 0 aliphatic heterocycles. The molecule has 0 N–H and O–H groups in total. The molecule has 4 rings (SSSR count). The number of carbonyl (C=O) groups excluding carboxylic acids is 1. The van der Waals surface area contributed by atoms with E-state index in [1.165, 1.54) is 11.1 Å². The average molecular weight is 296 g/mol. The first-order valence-electron chi connectivity index (χ1n) is 8.08. The number of hydrogen-bond donors (Lipinski definition) is 0. The molecule has 4 nitrogen and oxygen atoms in total. The van der Waals surface area contributed by atoms with E-state index in [2.05, 4.69) is 34.3 Å². The summed E-state index contributed by atoms with van der Waals surface area (Å²) in [6.07, 6.45) is 5.48. The second-order valence-electron chi connectivity index (χ2n) is 6.37. The Bertz CT molecular complexity index is 703. The zero-order chi connectivity index (χ0) is 15.1. The van der Waals surface area contributed by atoms with Gasteiger partial charge in [0.15, 0.2) is 5.69 Å². The Kier molecular flexibility index (Phi) is 3.25. The topological polar surface area (TPSA) is 46.3 Å². The van der Waals surface area contributed by atoms with Gasteiger partial charge in [0, 0.05) is 12.1 Å². The number of benzene rings is 1. The minimum atomic E-state index is 0.0149. The summed E-state index contributed by atoms with van der Waals surface area (Å²) in [4.78, 5) is 15.0. The SMILES string of the molecule is Cc1cc(C(=O)N(C2CC2)C2CCCc3ccccc32)no1. The first-order valence-corrected chi connectivity index (χ1v) is 8.08. The molecule has 1 atom stereocenters. The molecule has 114 valence electrons. The molecule has 0 bridgehead atoms. The smallest absolute Gasteiger partial charge is 0.276 e. The van der Waals surface area contributed by atoms with Crippen molar-refractivity contribution >= 4 is 5.91 Å². The normalized spacial score (nSPS) is 20.5. The van der Waals surface area contributed by atoms with Crippen LogP contribution < -0.4 is 0 Å². The molecule has 0 radical (unpaired) electrons. The predicted octanol–water partition coefficient (Wildman–Crippen LogP) is 3.67. The molecule has 1 aromatic carbocycles. The molecule has 0 saturated heterocycles. The molecule has 2 aliphatic carbocycles. The van der Waals surface area contributed by atoms with E-state index in [1.54, 1.807) is 6.07 Å². The van der Waals surface area contributed by atoms with E-state index in [-0.39, 0.29) is 11.9 Å². The van der Waals surface area contributed by atoms with Crippen molar-refractivity contribution in [3.63, 3.8) is 0 Å². The van der Waals surface area contributed by atoms with Crippen LogP contribution in [0.5, 0.6) is 0 Å². The number of nitrogens with zero attached hydrogens (tertiary/aromatic N) is 2. The van der Waals surface area contributed by atoms with Crippen LogP contribution in [-0.2, 0) is 6.42 Å². The first kappa shape index (κ1) is 13.6. The standard InChI is InChI=1S/C18H20N2O2/c1-12-11-16(19-22-12)18(21)20(14-9-10-14)17-8-4-6-13-5-2-3-7-15(13)17/h2-3,5,7,11,14,17H,4,6,8-10H2,1H3. The molecule has 22 heavy (non-hydrogen) atoms. The van der Waals surface area contributed by atoms with Crippen molar-refractivity contribution < 1.29 is 9.32 Å². The highest BCUT2D eigenvalue weighted by Gasteiger charge is 2.40. The lowest BCUT2D eigenvalue weighted by Crippen LogP contribution is -2.38. The van der Waals surface area contributed by atoms with E-state index in [0.29, 0.717) is 17.5 Å². The number of aryl methyl sites for hydroxylation is 2. The number of rotatable bonds is 3. The third-order valence-corrected chi connectivity index (χ3v) is 4.70. The van der Waals surface area contributed by atoms with Crippen molar-refractivity contribution in [2.24, 2.45) is 0 Å². The number of hydrogen-bond acceptors (Lipinski definition) is 3. The Balaban J connectivity index is 1.70. The maximum Gasteiger partial charge on any atom is 0.276 e. The van der Waals surface area contributed by atoms with Crippen molar-refractivity contribution in [1.29, 1.82) is 0 Å². The lowest BCUT2D eigenvalue weighted by Gasteiger charge is -2.35. The van der Waals surface area contributed by atoms with Gasteiger partial charge in [-0.25, -0.2) is 0 Å². The zero-order valence-electron chi connectivity index (χ0n) is 12.8. The van der Waals surface area contributed by atoms with Crippen LogP contribution in [0.3, 0.4) is 0 Å². The molecule has 2 aliphatic rings. The van der Waals surface area contributed by atoms with E-state index in [0.717, 1.165) is 32.1 Å². The van der Waals surface area contributed by atoms with Crippen LogP contribution in [0.1, 0.15) is 59.1 Å². The van der Waals surface area contributed by atoms with E-state index < -0.39 is 0 Å². The van der Waals surface area contributed by atoms with Crippen LogP contribution in [0.2, 0.25) is 0 Å². The fourth-order valence-corrected chi connectivity index (χ4v) is 3.53. The van der Waals surface area contributed by atoms with Crippen LogP contribution >= 0.6 is 0 Å². The third kappa shape index (κ3) is 2.32. The van der Waals surface area contributed by atoms with Crippen molar-refractivity contribution in [3.8, 4) is 0 Å². The average Bonchev–Trinajstić information content (AvgIpc) is 3.28. The van der Waals surface area contributed by atoms with Gasteiger partial charge in [-0.2, -0.15) is 0 Å². The van der Waals surface area contributed by atoms with Gasteiger partial charge in [0.2, 0.25) is 0 Å². The van der Waals surface area contributed by atoms with Gasteiger partial charge >= 0.3 is 0 Å². The molecular weight excluding hydrogens is 276 g/mol. The highest BCUT2D eigenvalue weighted by molar-refractivity contribution is 5.93. The van der Waals surface area contributed by atoms with Gasteiger partial charge < -0.3 is 9.42 Å². The van der Waals surface area contributed by atoms with Gasteiger partial charge in [0.1, 0.15) is 5.76 Å². The molecule has 1 unspecified atom stereocenters. The zero-order valence-corrected chi connectivity index (χ0v) is 12.8. The van der Waals surface area contributed by atoms with Crippen molar-refractivity contribution in [1.82, 2.24) is 10.1 Å². The highest BCUT2D eigenvalue weighted by atomic mass is 16.5. The molecule has 1 aromatic heterocycles. The molecule has 1 fully saturated rings. The summed E-state index contributed by atoms with van der Waals surface area (Å²) in [7, 11) is 0. The summed E-state index contributed by atoms with van der Waals surface area (Å²) in [5.41, 5.74) is 3.13.